The molecule has 1 heterocycles. The van der Waals surface area contributed by atoms with E-state index in [1.54, 1.807) is 18.4 Å². The van der Waals surface area contributed by atoms with Crippen LogP contribution in [0, 0.1) is 0 Å². The third-order valence-electron chi connectivity index (χ3n) is 3.10. The summed E-state index contributed by atoms with van der Waals surface area (Å²) in [4.78, 5) is 2.13. The van der Waals surface area contributed by atoms with Crippen molar-refractivity contribution in [3.63, 3.8) is 0 Å². The smallest absolute Gasteiger partial charge is 0.122 e. The first-order valence-corrected chi connectivity index (χ1v) is 6.35. The van der Waals surface area contributed by atoms with Crippen molar-refractivity contribution in [1.29, 1.82) is 0 Å². The fraction of sp³-hybridized carbons (Fsp3) is 0.333. The highest BCUT2D eigenvalue weighted by Crippen LogP contribution is 2.17. The van der Waals surface area contributed by atoms with Crippen LogP contribution in [0.15, 0.2) is 47.1 Å². The number of likely N-dealkylation sites (N-methyl/N-ethyl adjacent to an activating group) is 1. The minimum absolute atomic E-state index is 0.215. The van der Waals surface area contributed by atoms with Crippen molar-refractivity contribution in [2.75, 3.05) is 20.6 Å². The van der Waals surface area contributed by atoms with Crippen LogP contribution in [-0.4, -0.2) is 30.6 Å². The first-order valence-electron chi connectivity index (χ1n) is 6.35. The molecule has 1 aromatic heterocycles. The first kappa shape index (κ1) is 13.6. The fourth-order valence-corrected chi connectivity index (χ4v) is 1.99. The molecule has 19 heavy (non-hydrogen) atoms. The number of furan rings is 1. The van der Waals surface area contributed by atoms with E-state index < -0.39 is 0 Å². The van der Waals surface area contributed by atoms with E-state index in [0.29, 0.717) is 5.75 Å². The number of phenolic OH excluding ortho intramolecular Hbond substituents is 1. The Morgan fingerprint density at radius 1 is 1.21 bits per heavy atom. The van der Waals surface area contributed by atoms with E-state index in [2.05, 4.69) is 10.2 Å². The normalized spacial score (nSPS) is 12.8. The molecule has 1 aromatic carbocycles. The molecule has 0 saturated heterocycles. The Balaban J connectivity index is 1.88. The molecule has 0 aliphatic carbocycles. The maximum absolute atomic E-state index is 9.23. The molecule has 0 aliphatic heterocycles. The number of phenols is 1. The monoisotopic (exact) mass is 260 g/mol. The van der Waals surface area contributed by atoms with Gasteiger partial charge < -0.3 is 14.8 Å². The second kappa shape index (κ2) is 6.41. The molecule has 1 atom stereocenters. The average Bonchev–Trinajstić information content (AvgIpc) is 2.90. The second-order valence-electron chi connectivity index (χ2n) is 4.79. The molecule has 2 N–H and O–H groups in total. The van der Waals surface area contributed by atoms with Gasteiger partial charge in [0.2, 0.25) is 0 Å². The predicted molar refractivity (Wildman–Crippen MR) is 74.9 cm³/mol. The Morgan fingerprint density at radius 3 is 2.53 bits per heavy atom. The minimum Gasteiger partial charge on any atom is -0.508 e. The van der Waals surface area contributed by atoms with Gasteiger partial charge in [0.1, 0.15) is 11.5 Å². The van der Waals surface area contributed by atoms with Gasteiger partial charge in [-0.2, -0.15) is 0 Å². The lowest BCUT2D eigenvalue weighted by Crippen LogP contribution is -2.30. The molecule has 0 radical (unpaired) electrons. The number of hydrogen-bond donors (Lipinski definition) is 2. The van der Waals surface area contributed by atoms with E-state index >= 15 is 0 Å². The summed E-state index contributed by atoms with van der Waals surface area (Å²) >= 11 is 0. The number of benzene rings is 1. The Hall–Kier alpha value is -1.78. The Kier molecular flexibility index (Phi) is 4.60. The molecule has 2 rings (SSSR count). The summed E-state index contributed by atoms with van der Waals surface area (Å²) in [5.41, 5.74) is 1.15. The number of rotatable bonds is 6. The Labute approximate surface area is 113 Å². The average molecular weight is 260 g/mol. The molecule has 102 valence electrons. The van der Waals surface area contributed by atoms with Crippen molar-refractivity contribution >= 4 is 0 Å². The van der Waals surface area contributed by atoms with Gasteiger partial charge >= 0.3 is 0 Å². The van der Waals surface area contributed by atoms with Crippen molar-refractivity contribution in [2.45, 2.75) is 12.6 Å². The summed E-state index contributed by atoms with van der Waals surface area (Å²) in [5, 5.41) is 12.6. The molecule has 0 bridgehead atoms. The lowest BCUT2D eigenvalue weighted by molar-refractivity contribution is 0.250. The van der Waals surface area contributed by atoms with E-state index in [4.69, 9.17) is 4.42 Å². The molecule has 0 aliphatic rings. The maximum Gasteiger partial charge on any atom is 0.122 e. The minimum atomic E-state index is 0.215. The van der Waals surface area contributed by atoms with Crippen molar-refractivity contribution in [1.82, 2.24) is 10.2 Å². The highest BCUT2D eigenvalue weighted by Gasteiger charge is 2.15. The molecule has 4 heteroatoms. The lowest BCUT2D eigenvalue weighted by Gasteiger charge is -2.22. The summed E-state index contributed by atoms with van der Waals surface area (Å²) in [7, 11) is 4.07. The highest BCUT2D eigenvalue weighted by molar-refractivity contribution is 5.25. The van der Waals surface area contributed by atoms with E-state index in [0.717, 1.165) is 24.4 Å². The van der Waals surface area contributed by atoms with E-state index in [9.17, 15) is 5.11 Å². The van der Waals surface area contributed by atoms with Crippen molar-refractivity contribution in [3.8, 4) is 5.75 Å². The number of nitrogens with zero attached hydrogens (tertiary/aromatic N) is 1. The molecule has 2 aromatic rings. The van der Waals surface area contributed by atoms with Gasteiger partial charge in [0.15, 0.2) is 0 Å². The van der Waals surface area contributed by atoms with Gasteiger partial charge in [-0.3, -0.25) is 4.90 Å². The molecule has 4 nitrogen and oxygen atoms in total. The van der Waals surface area contributed by atoms with Crippen LogP contribution in [0.25, 0.3) is 0 Å². The summed E-state index contributed by atoms with van der Waals surface area (Å²) < 4.78 is 5.46. The summed E-state index contributed by atoms with van der Waals surface area (Å²) in [5.74, 6) is 1.26. The standard InChI is InChI=1S/C15H20N2O2/c1-17(2)14(15-4-3-9-19-15)11-16-10-12-5-7-13(18)8-6-12/h3-9,14,16,18H,10-11H2,1-2H3. The summed E-state index contributed by atoms with van der Waals surface area (Å²) in [6, 6.07) is 11.4. The second-order valence-corrected chi connectivity index (χ2v) is 4.79. The number of hydrogen-bond acceptors (Lipinski definition) is 4. The van der Waals surface area contributed by atoms with E-state index in [1.165, 1.54) is 0 Å². The van der Waals surface area contributed by atoms with Gasteiger partial charge in [0, 0.05) is 13.1 Å². The van der Waals surface area contributed by atoms with Gasteiger partial charge in [-0.15, -0.1) is 0 Å². The van der Waals surface area contributed by atoms with Gasteiger partial charge in [0.25, 0.3) is 0 Å². The van der Waals surface area contributed by atoms with Crippen LogP contribution in [0.1, 0.15) is 17.4 Å². The molecule has 1 unspecified atom stereocenters. The summed E-state index contributed by atoms with van der Waals surface area (Å²) in [6.45, 7) is 1.58. The zero-order valence-electron chi connectivity index (χ0n) is 11.3. The van der Waals surface area contributed by atoms with Gasteiger partial charge in [-0.25, -0.2) is 0 Å². The zero-order chi connectivity index (χ0) is 13.7. The van der Waals surface area contributed by atoms with Crippen molar-refractivity contribution in [2.24, 2.45) is 0 Å². The van der Waals surface area contributed by atoms with Gasteiger partial charge in [-0.05, 0) is 43.9 Å². The van der Waals surface area contributed by atoms with Crippen LogP contribution in [0.4, 0.5) is 0 Å². The van der Waals surface area contributed by atoms with Crippen LogP contribution in [0.2, 0.25) is 0 Å². The van der Waals surface area contributed by atoms with Crippen LogP contribution in [0.5, 0.6) is 5.75 Å². The number of nitrogens with one attached hydrogen (secondary N) is 1. The summed E-state index contributed by atoms with van der Waals surface area (Å²) in [6.07, 6.45) is 1.70. The van der Waals surface area contributed by atoms with Crippen LogP contribution < -0.4 is 5.32 Å². The molecule has 0 saturated carbocycles. The van der Waals surface area contributed by atoms with Crippen LogP contribution in [-0.2, 0) is 6.54 Å². The Morgan fingerprint density at radius 2 is 1.95 bits per heavy atom. The molecular formula is C15H20N2O2. The lowest BCUT2D eigenvalue weighted by atomic mass is 10.2. The largest absolute Gasteiger partial charge is 0.508 e. The van der Waals surface area contributed by atoms with Crippen LogP contribution in [0.3, 0.4) is 0 Å². The molecular weight excluding hydrogens is 240 g/mol. The molecule has 0 spiro atoms. The topological polar surface area (TPSA) is 48.6 Å². The SMILES string of the molecule is CN(C)C(CNCc1ccc(O)cc1)c1ccco1. The van der Waals surface area contributed by atoms with E-state index in [-0.39, 0.29) is 6.04 Å². The third kappa shape index (κ3) is 3.84. The fourth-order valence-electron chi connectivity index (χ4n) is 1.99. The van der Waals surface area contributed by atoms with Gasteiger partial charge in [0.05, 0.1) is 12.3 Å². The molecule has 0 amide bonds. The number of aromatic hydroxyl groups is 1. The first-order chi connectivity index (χ1) is 9.16. The van der Waals surface area contributed by atoms with Crippen molar-refractivity contribution < 1.29 is 9.52 Å². The highest BCUT2D eigenvalue weighted by atomic mass is 16.3. The van der Waals surface area contributed by atoms with Crippen LogP contribution >= 0.6 is 0 Å². The predicted octanol–water partition coefficient (Wildman–Crippen LogP) is 2.38. The third-order valence-corrected chi connectivity index (χ3v) is 3.10. The van der Waals surface area contributed by atoms with Crippen molar-refractivity contribution in [3.05, 3.63) is 54.0 Å². The maximum atomic E-state index is 9.23. The van der Waals surface area contributed by atoms with Gasteiger partial charge in [-0.1, -0.05) is 12.1 Å². The Bertz CT molecular complexity index is 477. The van der Waals surface area contributed by atoms with E-state index in [1.807, 2.05) is 38.4 Å². The molecule has 0 fully saturated rings. The quantitative estimate of drug-likeness (QED) is 0.837. The zero-order valence-corrected chi connectivity index (χ0v) is 11.3.